The number of nitrogens with zero attached hydrogens (tertiary/aromatic N) is 2. The Bertz CT molecular complexity index is 1360. The second-order valence-electron chi connectivity index (χ2n) is 6.27. The number of ether oxygens (including phenoxy) is 1. The average Bonchev–Trinajstić information content (AvgIpc) is 3.10. The first-order valence-corrected chi connectivity index (χ1v) is 11.5. The molecule has 0 radical (unpaired) electrons. The molecule has 31 heavy (non-hydrogen) atoms. The van der Waals surface area contributed by atoms with Crippen molar-refractivity contribution in [1.82, 2.24) is 14.5 Å². The maximum absolute atomic E-state index is 12.6. The van der Waals surface area contributed by atoms with E-state index in [0.717, 1.165) is 17.4 Å². The van der Waals surface area contributed by atoms with Crippen molar-refractivity contribution in [1.29, 1.82) is 0 Å². The summed E-state index contributed by atoms with van der Waals surface area (Å²) in [5.74, 6) is 0.554. The van der Waals surface area contributed by atoms with Gasteiger partial charge in [0.25, 0.3) is 5.56 Å². The van der Waals surface area contributed by atoms with Crippen molar-refractivity contribution in [2.45, 2.75) is 5.16 Å². The number of carbonyl (C=O) groups is 1. The smallest absolute Gasteiger partial charge is 0.271 e. The lowest BCUT2D eigenvalue weighted by molar-refractivity contribution is -0.113. The number of halogens is 1. The van der Waals surface area contributed by atoms with Gasteiger partial charge >= 0.3 is 0 Å². The fourth-order valence-electron chi connectivity index (χ4n) is 2.78. The normalized spacial score (nSPS) is 10.9. The molecule has 11 heteroatoms. The predicted molar refractivity (Wildman–Crippen MR) is 128 cm³/mol. The number of thioether (sulfide) groups is 1. The maximum atomic E-state index is 12.6. The van der Waals surface area contributed by atoms with Crippen LogP contribution in [-0.4, -0.2) is 33.3 Å². The molecule has 1 amide bonds. The minimum absolute atomic E-state index is 0.0757. The van der Waals surface area contributed by atoms with Gasteiger partial charge in [0.2, 0.25) is 5.91 Å². The quantitative estimate of drug-likeness (QED) is 0.227. The zero-order valence-electron chi connectivity index (χ0n) is 16.0. The number of hydrogen-bond donors (Lipinski definition) is 2. The molecule has 0 saturated heterocycles. The van der Waals surface area contributed by atoms with Crippen LogP contribution in [0.4, 0.5) is 5.69 Å². The molecule has 7 nitrogen and oxygen atoms in total. The molecule has 0 saturated carbocycles. The van der Waals surface area contributed by atoms with Gasteiger partial charge < -0.3 is 15.0 Å². The van der Waals surface area contributed by atoms with Crippen molar-refractivity contribution in [2.75, 3.05) is 18.2 Å². The van der Waals surface area contributed by atoms with Crippen LogP contribution >= 0.6 is 46.9 Å². The molecule has 4 aromatic rings. The van der Waals surface area contributed by atoms with Crippen LogP contribution in [0.25, 0.3) is 16.0 Å². The Balaban J connectivity index is 1.56. The van der Waals surface area contributed by atoms with E-state index >= 15 is 0 Å². The lowest BCUT2D eigenvalue weighted by Crippen LogP contribution is -2.15. The van der Waals surface area contributed by atoms with Crippen LogP contribution in [0.5, 0.6) is 5.75 Å². The molecule has 0 fully saturated rings. The third-order valence-electron chi connectivity index (χ3n) is 4.22. The number of amides is 1. The Morgan fingerprint density at radius 2 is 1.97 bits per heavy atom. The highest BCUT2D eigenvalue weighted by Gasteiger charge is 2.15. The van der Waals surface area contributed by atoms with Gasteiger partial charge in [-0.3, -0.25) is 14.2 Å². The van der Waals surface area contributed by atoms with Crippen molar-refractivity contribution in [3.63, 3.8) is 0 Å². The number of fused-ring (bicyclic) bond motifs is 1. The first kappa shape index (κ1) is 21.6. The summed E-state index contributed by atoms with van der Waals surface area (Å²) in [5.41, 5.74) is 1.55. The summed E-state index contributed by atoms with van der Waals surface area (Å²) in [6, 6.07) is 14.1. The van der Waals surface area contributed by atoms with Crippen LogP contribution in [-0.2, 0) is 4.79 Å². The Labute approximate surface area is 195 Å². The van der Waals surface area contributed by atoms with E-state index in [9.17, 15) is 9.59 Å². The maximum Gasteiger partial charge on any atom is 0.271 e. The minimum atomic E-state index is -0.299. The number of nitrogens with one attached hydrogen (secondary N) is 2. The Kier molecular flexibility index (Phi) is 6.42. The molecule has 4 rings (SSSR count). The molecule has 0 atom stereocenters. The highest BCUT2D eigenvalue weighted by molar-refractivity contribution is 7.99. The van der Waals surface area contributed by atoms with Gasteiger partial charge in [0.15, 0.2) is 14.8 Å². The zero-order chi connectivity index (χ0) is 22.0. The van der Waals surface area contributed by atoms with Crippen molar-refractivity contribution in [3.05, 3.63) is 67.9 Å². The molecular formula is C20H15ClN4O3S3. The van der Waals surface area contributed by atoms with E-state index in [0.29, 0.717) is 35.9 Å². The SMILES string of the molecule is COc1ccc(NC(=O)CSc2nc3c(sc(=S)n3-c3ccc(Cl)cc3)c(=O)[nH]2)cc1. The van der Waals surface area contributed by atoms with Crippen molar-refractivity contribution in [3.8, 4) is 11.4 Å². The van der Waals surface area contributed by atoms with E-state index in [1.165, 1.54) is 11.3 Å². The second kappa shape index (κ2) is 9.23. The molecule has 0 aliphatic rings. The van der Waals surface area contributed by atoms with Gasteiger partial charge in [-0.2, -0.15) is 0 Å². The van der Waals surface area contributed by atoms with E-state index in [1.807, 2.05) is 12.1 Å². The second-order valence-corrected chi connectivity index (χ2v) is 9.31. The highest BCUT2D eigenvalue weighted by atomic mass is 35.5. The zero-order valence-corrected chi connectivity index (χ0v) is 19.3. The molecule has 0 spiro atoms. The standard InChI is InChI=1S/C20H15ClN4O3S3/c1-28-14-8-4-12(5-9-14)22-15(26)10-30-19-23-17-16(18(27)24-19)31-20(29)25(17)13-6-2-11(21)3-7-13/h2-9H,10H2,1H3,(H,22,26)(H,23,24,27). The monoisotopic (exact) mass is 490 g/mol. The van der Waals surface area contributed by atoms with Crippen molar-refractivity contribution >= 4 is 68.9 Å². The molecule has 2 N–H and O–H groups in total. The Morgan fingerprint density at radius 1 is 1.26 bits per heavy atom. The molecular weight excluding hydrogens is 476 g/mol. The minimum Gasteiger partial charge on any atom is -0.497 e. The van der Waals surface area contributed by atoms with Crippen LogP contribution in [0, 0.1) is 3.95 Å². The van der Waals surface area contributed by atoms with Gasteiger partial charge in [-0.05, 0) is 60.7 Å². The third-order valence-corrected chi connectivity index (χ3v) is 6.71. The molecule has 158 valence electrons. The van der Waals surface area contributed by atoms with Gasteiger partial charge in [-0.15, -0.1) is 0 Å². The number of benzene rings is 2. The summed E-state index contributed by atoms with van der Waals surface area (Å²) in [6.07, 6.45) is 0. The number of H-pyrrole nitrogens is 1. The number of thiazole rings is 1. The summed E-state index contributed by atoms with van der Waals surface area (Å²) in [4.78, 5) is 32.1. The fourth-order valence-corrected chi connectivity index (χ4v) is 4.84. The first-order valence-electron chi connectivity index (χ1n) is 8.93. The Hall–Kier alpha value is -2.66. The molecule has 0 unspecified atom stereocenters. The molecule has 2 aromatic carbocycles. The summed E-state index contributed by atoms with van der Waals surface area (Å²) in [6.45, 7) is 0. The van der Waals surface area contributed by atoms with E-state index in [2.05, 4.69) is 15.3 Å². The number of rotatable bonds is 6. The van der Waals surface area contributed by atoms with Gasteiger partial charge in [-0.25, -0.2) is 4.98 Å². The fraction of sp³-hybridized carbons (Fsp3) is 0.100. The van der Waals surface area contributed by atoms with Crippen molar-refractivity contribution in [2.24, 2.45) is 0 Å². The lowest BCUT2D eigenvalue weighted by Gasteiger charge is -2.07. The molecule has 2 aromatic heterocycles. The van der Waals surface area contributed by atoms with E-state index in [-0.39, 0.29) is 17.2 Å². The average molecular weight is 491 g/mol. The number of hydrogen-bond acceptors (Lipinski definition) is 7. The number of carbonyl (C=O) groups excluding carboxylic acids is 1. The molecule has 0 aliphatic carbocycles. The van der Waals surface area contributed by atoms with Crippen LogP contribution in [0.1, 0.15) is 0 Å². The lowest BCUT2D eigenvalue weighted by atomic mass is 10.3. The van der Waals surface area contributed by atoms with Gasteiger partial charge in [0, 0.05) is 16.4 Å². The largest absolute Gasteiger partial charge is 0.497 e. The first-order chi connectivity index (χ1) is 14.9. The summed E-state index contributed by atoms with van der Waals surface area (Å²) in [5, 5.41) is 3.72. The van der Waals surface area contributed by atoms with Crippen LogP contribution < -0.4 is 15.6 Å². The van der Waals surface area contributed by atoms with E-state index in [1.54, 1.807) is 48.1 Å². The molecule has 2 heterocycles. The van der Waals surface area contributed by atoms with E-state index < -0.39 is 0 Å². The van der Waals surface area contributed by atoms with Crippen LogP contribution in [0.2, 0.25) is 5.02 Å². The number of methoxy groups -OCH3 is 1. The summed E-state index contributed by atoms with van der Waals surface area (Å²) >= 11 is 13.7. The highest BCUT2D eigenvalue weighted by Crippen LogP contribution is 2.25. The Morgan fingerprint density at radius 3 is 2.65 bits per heavy atom. The van der Waals surface area contributed by atoms with Gasteiger partial charge in [-0.1, -0.05) is 34.7 Å². The summed E-state index contributed by atoms with van der Waals surface area (Å²) in [7, 11) is 1.58. The van der Waals surface area contributed by atoms with E-state index in [4.69, 9.17) is 28.6 Å². The van der Waals surface area contributed by atoms with Crippen LogP contribution in [0.3, 0.4) is 0 Å². The van der Waals surface area contributed by atoms with Crippen LogP contribution in [0.15, 0.2) is 58.5 Å². The third kappa shape index (κ3) is 4.82. The van der Waals surface area contributed by atoms with Crippen molar-refractivity contribution < 1.29 is 9.53 Å². The topological polar surface area (TPSA) is 89.0 Å². The number of aromatic nitrogens is 3. The number of aromatic amines is 1. The summed E-state index contributed by atoms with van der Waals surface area (Å²) < 4.78 is 7.74. The predicted octanol–water partition coefficient (Wildman–Crippen LogP) is 4.90. The molecule has 0 aliphatic heterocycles. The van der Waals surface area contributed by atoms with Gasteiger partial charge in [0.05, 0.1) is 12.9 Å². The van der Waals surface area contributed by atoms with Gasteiger partial charge in [0.1, 0.15) is 10.4 Å². The molecule has 0 bridgehead atoms. The number of anilines is 1.